The van der Waals surface area contributed by atoms with Crippen molar-refractivity contribution in [2.75, 3.05) is 17.1 Å². The summed E-state index contributed by atoms with van der Waals surface area (Å²) in [5.74, 6) is -1.58. The van der Waals surface area contributed by atoms with Gasteiger partial charge in [0, 0.05) is 23.5 Å². The average molecular weight is 665 g/mol. The molecule has 41 heavy (non-hydrogen) atoms. The first-order valence-corrected chi connectivity index (χ1v) is 16.3. The third-order valence-corrected chi connectivity index (χ3v) is 9.07. The van der Waals surface area contributed by atoms with Gasteiger partial charge in [0.15, 0.2) is 0 Å². The van der Waals surface area contributed by atoms with Gasteiger partial charge in [-0.25, -0.2) is 12.8 Å². The van der Waals surface area contributed by atoms with E-state index in [2.05, 4.69) is 21.2 Å². The second-order valence-corrected chi connectivity index (χ2v) is 13.4. The van der Waals surface area contributed by atoms with Crippen molar-refractivity contribution in [1.29, 1.82) is 0 Å². The van der Waals surface area contributed by atoms with Gasteiger partial charge >= 0.3 is 0 Å². The normalized spacial score (nSPS) is 14.4. The van der Waals surface area contributed by atoms with Gasteiger partial charge in [-0.15, -0.1) is 0 Å². The van der Waals surface area contributed by atoms with Crippen LogP contribution in [0.2, 0.25) is 5.02 Å². The van der Waals surface area contributed by atoms with Crippen molar-refractivity contribution in [3.05, 3.63) is 99.2 Å². The van der Waals surface area contributed by atoms with E-state index < -0.39 is 34.3 Å². The number of nitrogens with one attached hydrogen (secondary N) is 1. The molecule has 11 heteroatoms. The highest BCUT2D eigenvalue weighted by Crippen LogP contribution is 2.26. The number of anilines is 1. The molecule has 4 rings (SSSR count). The topological polar surface area (TPSA) is 86.8 Å². The predicted octanol–water partition coefficient (Wildman–Crippen LogP) is 5.71. The number of hydrogen-bond acceptors (Lipinski definition) is 4. The maximum absolute atomic E-state index is 14.1. The number of carbonyl (C=O) groups excluding carboxylic acids is 2. The second kappa shape index (κ2) is 13.8. The molecular weight excluding hydrogens is 633 g/mol. The van der Waals surface area contributed by atoms with E-state index in [1.807, 2.05) is 54.6 Å². The summed E-state index contributed by atoms with van der Waals surface area (Å²) in [6, 6.07) is 19.3. The lowest BCUT2D eigenvalue weighted by molar-refractivity contribution is -0.140. The largest absolute Gasteiger partial charge is 0.352 e. The fourth-order valence-electron chi connectivity index (χ4n) is 4.96. The first-order chi connectivity index (χ1) is 19.5. The van der Waals surface area contributed by atoms with E-state index in [9.17, 15) is 22.4 Å². The standard InChI is InChI=1S/C30H32BrClFN3O4S/c1-41(39,40)36(25-15-16-27(33)26(32)18-25)20-29(37)35(19-22-11-13-23(31)14-12-22)28(17-21-7-3-2-4-8-21)30(38)34-24-9-5-6-10-24/h2-4,7-8,11-16,18,24,28H,5-6,9-10,17,19-20H2,1H3,(H,34,38)/t28-/m0/s1. The van der Waals surface area contributed by atoms with Gasteiger partial charge in [-0.3, -0.25) is 13.9 Å². The number of rotatable bonds is 11. The minimum atomic E-state index is -3.98. The van der Waals surface area contributed by atoms with E-state index in [0.29, 0.717) is 0 Å². The molecule has 7 nitrogen and oxygen atoms in total. The van der Waals surface area contributed by atoms with E-state index in [4.69, 9.17) is 11.6 Å². The highest BCUT2D eigenvalue weighted by Gasteiger charge is 2.34. The lowest BCUT2D eigenvalue weighted by Gasteiger charge is -2.34. The average Bonchev–Trinajstić information content (AvgIpc) is 3.45. The van der Waals surface area contributed by atoms with Crippen LogP contribution in [-0.2, 0) is 32.6 Å². The maximum atomic E-state index is 14.1. The van der Waals surface area contributed by atoms with Crippen LogP contribution in [0.4, 0.5) is 10.1 Å². The number of amides is 2. The Morgan fingerprint density at radius 1 is 1.02 bits per heavy atom. The van der Waals surface area contributed by atoms with Gasteiger partial charge in [0.05, 0.1) is 17.0 Å². The van der Waals surface area contributed by atoms with Gasteiger partial charge in [0.2, 0.25) is 21.8 Å². The molecular formula is C30H32BrClFN3O4S. The van der Waals surface area contributed by atoms with E-state index in [-0.39, 0.29) is 35.6 Å². The van der Waals surface area contributed by atoms with Gasteiger partial charge in [0.25, 0.3) is 0 Å². The van der Waals surface area contributed by atoms with Crippen LogP contribution in [0.1, 0.15) is 36.8 Å². The number of benzene rings is 3. The van der Waals surface area contributed by atoms with E-state index in [1.54, 1.807) is 0 Å². The minimum absolute atomic E-state index is 0.0271. The highest BCUT2D eigenvalue weighted by atomic mass is 79.9. The van der Waals surface area contributed by atoms with Crippen molar-refractivity contribution < 1.29 is 22.4 Å². The van der Waals surface area contributed by atoms with E-state index in [0.717, 1.165) is 57.9 Å². The molecule has 3 aromatic carbocycles. The van der Waals surface area contributed by atoms with Crippen LogP contribution in [0.5, 0.6) is 0 Å². The molecule has 218 valence electrons. The van der Waals surface area contributed by atoms with Crippen LogP contribution in [0, 0.1) is 5.82 Å². The summed E-state index contributed by atoms with van der Waals surface area (Å²) in [5, 5.41) is 2.86. The smallest absolute Gasteiger partial charge is 0.244 e. The number of halogens is 3. The summed E-state index contributed by atoms with van der Waals surface area (Å²) in [6.45, 7) is -0.525. The van der Waals surface area contributed by atoms with Crippen LogP contribution >= 0.6 is 27.5 Å². The van der Waals surface area contributed by atoms with Crippen molar-refractivity contribution in [1.82, 2.24) is 10.2 Å². The Labute approximate surface area is 253 Å². The lowest BCUT2D eigenvalue weighted by Crippen LogP contribution is -2.54. The Morgan fingerprint density at radius 3 is 2.29 bits per heavy atom. The maximum Gasteiger partial charge on any atom is 0.244 e. The van der Waals surface area contributed by atoms with Crippen molar-refractivity contribution in [3.8, 4) is 0 Å². The predicted molar refractivity (Wildman–Crippen MR) is 163 cm³/mol. The molecule has 1 N–H and O–H groups in total. The molecule has 2 amide bonds. The number of hydrogen-bond donors (Lipinski definition) is 1. The Kier molecular flexibility index (Phi) is 10.4. The molecule has 0 heterocycles. The van der Waals surface area contributed by atoms with E-state index >= 15 is 0 Å². The first kappa shape index (κ1) is 31.0. The van der Waals surface area contributed by atoms with Crippen LogP contribution < -0.4 is 9.62 Å². The van der Waals surface area contributed by atoms with Gasteiger partial charge in [-0.1, -0.05) is 82.8 Å². The molecule has 1 saturated carbocycles. The summed E-state index contributed by atoms with van der Waals surface area (Å²) in [6.07, 6.45) is 5.00. The fraction of sp³-hybridized carbons (Fsp3) is 0.333. The molecule has 3 aromatic rings. The van der Waals surface area contributed by atoms with Gasteiger partial charge in [0.1, 0.15) is 18.4 Å². The van der Waals surface area contributed by atoms with Gasteiger partial charge in [-0.05, 0) is 54.3 Å². The molecule has 0 saturated heterocycles. The zero-order valence-corrected chi connectivity index (χ0v) is 25.8. The third-order valence-electron chi connectivity index (χ3n) is 7.11. The molecule has 0 bridgehead atoms. The second-order valence-electron chi connectivity index (χ2n) is 10.2. The number of nitrogens with zero attached hydrogens (tertiary/aromatic N) is 2. The molecule has 0 unspecified atom stereocenters. The molecule has 0 radical (unpaired) electrons. The molecule has 0 aliphatic heterocycles. The zero-order valence-electron chi connectivity index (χ0n) is 22.6. The molecule has 0 aromatic heterocycles. The van der Waals surface area contributed by atoms with Crippen LogP contribution in [0.3, 0.4) is 0 Å². The van der Waals surface area contributed by atoms with Gasteiger partial charge < -0.3 is 10.2 Å². The Morgan fingerprint density at radius 2 is 1.68 bits per heavy atom. The molecule has 1 atom stereocenters. The van der Waals surface area contributed by atoms with Crippen molar-refractivity contribution in [3.63, 3.8) is 0 Å². The summed E-state index contributed by atoms with van der Waals surface area (Å²) in [5.41, 5.74) is 1.67. The molecule has 1 aliphatic carbocycles. The monoisotopic (exact) mass is 663 g/mol. The quantitative estimate of drug-likeness (QED) is 0.285. The summed E-state index contributed by atoms with van der Waals surface area (Å²) in [4.78, 5) is 29.4. The summed E-state index contributed by atoms with van der Waals surface area (Å²) < 4.78 is 41.3. The summed E-state index contributed by atoms with van der Waals surface area (Å²) in [7, 11) is -3.98. The Hall–Kier alpha value is -2.95. The van der Waals surface area contributed by atoms with Crippen LogP contribution in [0.15, 0.2) is 77.3 Å². The summed E-state index contributed by atoms with van der Waals surface area (Å²) >= 11 is 9.36. The lowest BCUT2D eigenvalue weighted by atomic mass is 10.0. The fourth-order valence-corrected chi connectivity index (χ4v) is 6.24. The molecule has 0 spiro atoms. The van der Waals surface area contributed by atoms with Crippen molar-refractivity contribution in [2.45, 2.75) is 50.7 Å². The third kappa shape index (κ3) is 8.53. The zero-order chi connectivity index (χ0) is 29.6. The SMILES string of the molecule is CS(=O)(=O)N(CC(=O)N(Cc1ccc(Br)cc1)[C@@H](Cc1ccccc1)C(=O)NC1CCCC1)c1ccc(F)c(Cl)c1. The Bertz CT molecular complexity index is 1470. The Balaban J connectivity index is 1.72. The van der Waals surface area contributed by atoms with Crippen LogP contribution in [0.25, 0.3) is 0 Å². The number of sulfonamides is 1. The highest BCUT2D eigenvalue weighted by molar-refractivity contribution is 9.10. The first-order valence-electron chi connectivity index (χ1n) is 13.3. The van der Waals surface area contributed by atoms with Gasteiger partial charge in [-0.2, -0.15) is 0 Å². The van der Waals surface area contributed by atoms with Crippen LogP contribution in [-0.4, -0.2) is 50.0 Å². The van der Waals surface area contributed by atoms with Crippen molar-refractivity contribution >= 4 is 55.1 Å². The molecule has 1 aliphatic rings. The van der Waals surface area contributed by atoms with Crippen molar-refractivity contribution in [2.24, 2.45) is 0 Å². The molecule has 1 fully saturated rings. The minimum Gasteiger partial charge on any atom is -0.352 e. The number of carbonyl (C=O) groups is 2. The van der Waals surface area contributed by atoms with E-state index in [1.165, 1.54) is 17.0 Å².